The molecule has 0 amide bonds. The largest absolute Gasteiger partial charge is 0.343 e. The topological polar surface area (TPSA) is 8.81 Å². The molecule has 0 spiro atoms. The van der Waals surface area contributed by atoms with E-state index in [9.17, 15) is 0 Å². The average molecular weight is 337 g/mol. The summed E-state index contributed by atoms with van der Waals surface area (Å²) in [6.07, 6.45) is 2.27. The second-order valence-corrected chi connectivity index (χ2v) is 7.13. The number of pyridine rings is 1. The van der Waals surface area contributed by atoms with E-state index >= 15 is 0 Å². The van der Waals surface area contributed by atoms with Crippen LogP contribution in [0.25, 0.3) is 43.8 Å². The lowest BCUT2D eigenvalue weighted by molar-refractivity contribution is -0.659. The van der Waals surface area contributed by atoms with Gasteiger partial charge < -0.3 is 4.57 Å². The first kappa shape index (κ1) is 15.2. The van der Waals surface area contributed by atoms with E-state index in [0.29, 0.717) is 0 Å². The Morgan fingerprint density at radius 1 is 0.808 bits per heavy atom. The Balaban J connectivity index is 1.93. The van der Waals surface area contributed by atoms with Gasteiger partial charge in [-0.1, -0.05) is 54.6 Å². The Bertz CT molecular complexity index is 1310. The van der Waals surface area contributed by atoms with Crippen LogP contribution in [0.15, 0.2) is 72.9 Å². The van der Waals surface area contributed by atoms with Crippen molar-refractivity contribution in [3.8, 4) is 11.3 Å². The number of rotatable bonds is 1. The third kappa shape index (κ3) is 2.02. The van der Waals surface area contributed by atoms with Crippen molar-refractivity contribution in [2.75, 3.05) is 0 Å². The van der Waals surface area contributed by atoms with Crippen LogP contribution in [0.5, 0.6) is 0 Å². The number of hydrogen-bond acceptors (Lipinski definition) is 0. The highest BCUT2D eigenvalue weighted by molar-refractivity contribution is 6.17. The minimum atomic E-state index is 1.24. The zero-order valence-corrected chi connectivity index (χ0v) is 15.3. The summed E-state index contributed by atoms with van der Waals surface area (Å²) >= 11 is 0. The van der Waals surface area contributed by atoms with E-state index in [1.54, 1.807) is 0 Å². The molecule has 0 aliphatic carbocycles. The average Bonchev–Trinajstić information content (AvgIpc) is 2.94. The number of fused-ring (bicyclic) bond motifs is 5. The smallest absolute Gasteiger partial charge is 0.214 e. The molecule has 2 heterocycles. The van der Waals surface area contributed by atoms with Crippen LogP contribution in [0, 0.1) is 6.92 Å². The van der Waals surface area contributed by atoms with Gasteiger partial charge in [-0.25, -0.2) is 4.57 Å². The van der Waals surface area contributed by atoms with Crippen LogP contribution in [0.4, 0.5) is 0 Å². The normalized spacial score (nSPS) is 11.7. The molecule has 2 nitrogen and oxygen atoms in total. The first-order valence-electron chi connectivity index (χ1n) is 9.00. The van der Waals surface area contributed by atoms with Gasteiger partial charge in [0, 0.05) is 29.4 Å². The van der Waals surface area contributed by atoms with Crippen LogP contribution in [-0.4, -0.2) is 4.57 Å². The fourth-order valence-electron chi connectivity index (χ4n) is 4.21. The van der Waals surface area contributed by atoms with Gasteiger partial charge in [-0.05, 0) is 23.9 Å². The molecule has 0 aliphatic heterocycles. The van der Waals surface area contributed by atoms with E-state index in [4.69, 9.17) is 0 Å². The maximum atomic E-state index is 2.34. The van der Waals surface area contributed by atoms with Crippen LogP contribution >= 0.6 is 0 Å². The quantitative estimate of drug-likeness (QED) is 0.368. The van der Waals surface area contributed by atoms with Crippen molar-refractivity contribution in [2.24, 2.45) is 14.1 Å². The van der Waals surface area contributed by atoms with Crippen LogP contribution < -0.4 is 4.57 Å². The lowest BCUT2D eigenvalue weighted by Gasteiger charge is -2.05. The van der Waals surface area contributed by atoms with E-state index in [1.165, 1.54) is 49.4 Å². The predicted molar refractivity (Wildman–Crippen MR) is 109 cm³/mol. The molecule has 2 aromatic heterocycles. The second-order valence-electron chi connectivity index (χ2n) is 7.13. The van der Waals surface area contributed by atoms with Crippen molar-refractivity contribution in [1.82, 2.24) is 4.57 Å². The summed E-state index contributed by atoms with van der Waals surface area (Å²) in [5.74, 6) is 0. The van der Waals surface area contributed by atoms with E-state index in [0.717, 1.165) is 0 Å². The summed E-state index contributed by atoms with van der Waals surface area (Å²) in [5, 5.41) is 5.21. The number of aryl methyl sites for hydroxylation is 3. The molecule has 5 aromatic rings. The van der Waals surface area contributed by atoms with E-state index < -0.39 is 0 Å². The highest BCUT2D eigenvalue weighted by Gasteiger charge is 2.19. The Morgan fingerprint density at radius 2 is 1.58 bits per heavy atom. The maximum absolute atomic E-state index is 2.34. The highest BCUT2D eigenvalue weighted by Crippen LogP contribution is 2.34. The molecule has 26 heavy (non-hydrogen) atoms. The molecular formula is C24H21N2+. The summed E-state index contributed by atoms with van der Waals surface area (Å²) in [6, 6.07) is 24.0. The molecule has 2 heteroatoms. The van der Waals surface area contributed by atoms with Gasteiger partial charge in [-0.3, -0.25) is 0 Å². The van der Waals surface area contributed by atoms with E-state index in [1.807, 2.05) is 0 Å². The van der Waals surface area contributed by atoms with Crippen molar-refractivity contribution in [3.05, 3.63) is 78.5 Å². The lowest BCUT2D eigenvalue weighted by atomic mass is 10.0. The molecule has 0 saturated carbocycles. The number of benzene rings is 3. The highest BCUT2D eigenvalue weighted by atomic mass is 15.0. The number of aromatic nitrogens is 2. The monoisotopic (exact) mass is 337 g/mol. The van der Waals surface area contributed by atoms with E-state index in [-0.39, 0.29) is 0 Å². The van der Waals surface area contributed by atoms with Crippen molar-refractivity contribution < 1.29 is 4.57 Å². The second kappa shape index (κ2) is 5.43. The first-order valence-corrected chi connectivity index (χ1v) is 9.00. The van der Waals surface area contributed by atoms with Crippen LogP contribution in [0.1, 0.15) is 5.56 Å². The van der Waals surface area contributed by atoms with Gasteiger partial charge in [-0.15, -0.1) is 0 Å². The third-order valence-corrected chi connectivity index (χ3v) is 5.56. The van der Waals surface area contributed by atoms with Crippen LogP contribution in [-0.2, 0) is 14.1 Å². The molecule has 0 atom stereocenters. The van der Waals surface area contributed by atoms with Gasteiger partial charge in [0.15, 0.2) is 6.20 Å². The zero-order valence-electron chi connectivity index (χ0n) is 15.3. The van der Waals surface area contributed by atoms with Gasteiger partial charge in [0.2, 0.25) is 5.69 Å². The molecule has 0 saturated heterocycles. The summed E-state index contributed by atoms with van der Waals surface area (Å²) < 4.78 is 4.59. The molecular weight excluding hydrogens is 316 g/mol. The Labute approximate surface area is 152 Å². The SMILES string of the molecule is Cc1ccccc1-c1cc2c(c[n+]1C)c1ccc3ccccc3c1n2C. The molecule has 0 bridgehead atoms. The van der Waals surface area contributed by atoms with Gasteiger partial charge in [0.25, 0.3) is 0 Å². The Kier molecular flexibility index (Phi) is 3.17. The molecule has 0 fully saturated rings. The van der Waals surface area contributed by atoms with Crippen molar-refractivity contribution in [2.45, 2.75) is 6.92 Å². The number of nitrogens with zero attached hydrogens (tertiary/aromatic N) is 2. The van der Waals surface area contributed by atoms with Gasteiger partial charge in [0.1, 0.15) is 7.05 Å². The van der Waals surface area contributed by atoms with Crippen LogP contribution in [0.2, 0.25) is 0 Å². The van der Waals surface area contributed by atoms with Gasteiger partial charge in [0.05, 0.1) is 16.4 Å². The fraction of sp³-hybridized carbons (Fsp3) is 0.125. The molecule has 3 aromatic carbocycles. The molecule has 0 unspecified atom stereocenters. The molecule has 0 radical (unpaired) electrons. The summed E-state index contributed by atoms with van der Waals surface area (Å²) in [7, 11) is 4.32. The standard InChI is InChI=1S/C24H21N2/c1-16-8-4-6-10-18(16)22-14-23-21(15-25(22)2)20-13-12-17-9-5-7-11-19(17)24(20)26(23)3/h4-15H,1-3H3/q+1. The molecule has 126 valence electrons. The Morgan fingerprint density at radius 3 is 2.42 bits per heavy atom. The summed E-state index contributed by atoms with van der Waals surface area (Å²) in [5.41, 5.74) is 6.40. The fourth-order valence-corrected chi connectivity index (χ4v) is 4.21. The molecule has 0 aliphatic rings. The maximum Gasteiger partial charge on any atom is 0.214 e. The van der Waals surface area contributed by atoms with E-state index in [2.05, 4.69) is 103 Å². The lowest BCUT2D eigenvalue weighted by Crippen LogP contribution is -2.30. The van der Waals surface area contributed by atoms with Crippen LogP contribution in [0.3, 0.4) is 0 Å². The summed E-state index contributed by atoms with van der Waals surface area (Å²) in [4.78, 5) is 0. The van der Waals surface area contributed by atoms with Crippen molar-refractivity contribution in [1.29, 1.82) is 0 Å². The molecule has 5 rings (SSSR count). The van der Waals surface area contributed by atoms with Gasteiger partial charge in [-0.2, -0.15) is 0 Å². The van der Waals surface area contributed by atoms with Crippen molar-refractivity contribution >= 4 is 32.6 Å². The zero-order chi connectivity index (χ0) is 17.8. The first-order chi connectivity index (χ1) is 12.6. The van der Waals surface area contributed by atoms with Gasteiger partial charge >= 0.3 is 0 Å². The minimum Gasteiger partial charge on any atom is -0.343 e. The minimum absolute atomic E-state index is 1.24. The number of hydrogen-bond donors (Lipinski definition) is 0. The third-order valence-electron chi connectivity index (χ3n) is 5.56. The summed E-state index contributed by atoms with van der Waals surface area (Å²) in [6.45, 7) is 2.18. The predicted octanol–water partition coefficient (Wildman–Crippen LogP) is 5.28. The molecule has 0 N–H and O–H groups in total. The Hall–Kier alpha value is -3.13. The van der Waals surface area contributed by atoms with Crippen molar-refractivity contribution in [3.63, 3.8) is 0 Å².